The molecule has 0 amide bonds. The zero-order valence-corrected chi connectivity index (χ0v) is 13.1. The van der Waals surface area contributed by atoms with Gasteiger partial charge in [0.2, 0.25) is 0 Å². The molecule has 24 heavy (non-hydrogen) atoms. The van der Waals surface area contributed by atoms with Gasteiger partial charge in [0.1, 0.15) is 17.1 Å². The fourth-order valence-electron chi connectivity index (χ4n) is 2.49. The molecule has 0 N–H and O–H groups in total. The Kier molecular flexibility index (Phi) is 3.53. The number of ether oxygens (including phenoxy) is 1. The van der Waals surface area contributed by atoms with Gasteiger partial charge in [0.15, 0.2) is 0 Å². The van der Waals surface area contributed by atoms with Crippen molar-refractivity contribution in [3.05, 3.63) is 59.9 Å². The molecule has 0 unspecified atom stereocenters. The van der Waals surface area contributed by atoms with Crippen molar-refractivity contribution in [3.8, 4) is 11.4 Å². The molecule has 1 saturated carbocycles. The standard InChI is InChI=1S/C17H15N5O2/c1-11-18-10-15(16(20-11)12-2-3-12)17(23)24-14-6-4-13(5-7-14)22-9-8-19-21-22/h4-10,12H,2-3H2,1H3. The van der Waals surface area contributed by atoms with Gasteiger partial charge >= 0.3 is 5.97 Å². The third-order valence-corrected chi connectivity index (χ3v) is 3.86. The Morgan fingerprint density at radius 3 is 2.71 bits per heavy atom. The van der Waals surface area contributed by atoms with Crippen molar-refractivity contribution in [1.29, 1.82) is 0 Å². The van der Waals surface area contributed by atoms with Crippen molar-refractivity contribution in [2.45, 2.75) is 25.7 Å². The van der Waals surface area contributed by atoms with Crippen molar-refractivity contribution in [3.63, 3.8) is 0 Å². The second-order valence-electron chi connectivity index (χ2n) is 5.72. The lowest BCUT2D eigenvalue weighted by molar-refractivity contribution is 0.0732. The number of benzene rings is 1. The van der Waals surface area contributed by atoms with Crippen LogP contribution < -0.4 is 4.74 Å². The molecule has 1 aromatic carbocycles. The van der Waals surface area contributed by atoms with E-state index in [2.05, 4.69) is 20.3 Å². The number of esters is 1. The third kappa shape index (κ3) is 2.88. The summed E-state index contributed by atoms with van der Waals surface area (Å²) in [7, 11) is 0. The van der Waals surface area contributed by atoms with Gasteiger partial charge in [-0.15, -0.1) is 5.10 Å². The topological polar surface area (TPSA) is 82.8 Å². The molecule has 1 aliphatic rings. The predicted octanol–water partition coefficient (Wildman–Crippen LogP) is 2.46. The summed E-state index contributed by atoms with van der Waals surface area (Å²) in [5.41, 5.74) is 2.08. The van der Waals surface area contributed by atoms with Crippen LogP contribution in [0.3, 0.4) is 0 Å². The van der Waals surface area contributed by atoms with Crippen molar-refractivity contribution in [2.24, 2.45) is 0 Å². The zero-order chi connectivity index (χ0) is 16.5. The first-order valence-corrected chi connectivity index (χ1v) is 7.73. The van der Waals surface area contributed by atoms with E-state index in [9.17, 15) is 4.79 Å². The maximum absolute atomic E-state index is 12.5. The summed E-state index contributed by atoms with van der Waals surface area (Å²) in [5.74, 6) is 1.06. The number of rotatable bonds is 4. The molecule has 7 heteroatoms. The van der Waals surface area contributed by atoms with E-state index in [-0.39, 0.29) is 0 Å². The Morgan fingerprint density at radius 2 is 2.04 bits per heavy atom. The van der Waals surface area contributed by atoms with E-state index in [1.807, 2.05) is 19.1 Å². The fourth-order valence-corrected chi connectivity index (χ4v) is 2.49. The summed E-state index contributed by atoms with van der Waals surface area (Å²) in [6.45, 7) is 1.82. The monoisotopic (exact) mass is 321 g/mol. The summed E-state index contributed by atoms with van der Waals surface area (Å²) < 4.78 is 7.10. The largest absolute Gasteiger partial charge is 0.423 e. The van der Waals surface area contributed by atoms with E-state index in [0.29, 0.717) is 23.1 Å². The first-order valence-electron chi connectivity index (χ1n) is 7.73. The molecule has 120 valence electrons. The van der Waals surface area contributed by atoms with E-state index in [1.54, 1.807) is 35.4 Å². The van der Waals surface area contributed by atoms with Crippen LogP contribution in [0.5, 0.6) is 5.75 Å². The first-order chi connectivity index (χ1) is 11.7. The normalized spacial score (nSPS) is 13.7. The zero-order valence-electron chi connectivity index (χ0n) is 13.1. The molecule has 0 aliphatic heterocycles. The Labute approximate surface area is 138 Å². The molecule has 3 aromatic rings. The second-order valence-corrected chi connectivity index (χ2v) is 5.72. The molecule has 1 fully saturated rings. The molecule has 7 nitrogen and oxygen atoms in total. The van der Waals surface area contributed by atoms with E-state index in [1.165, 1.54) is 0 Å². The van der Waals surface area contributed by atoms with Gasteiger partial charge in [-0.3, -0.25) is 0 Å². The maximum atomic E-state index is 12.5. The van der Waals surface area contributed by atoms with Crippen LogP contribution in [0.2, 0.25) is 0 Å². The van der Waals surface area contributed by atoms with Gasteiger partial charge in [0.25, 0.3) is 0 Å². The molecule has 0 saturated heterocycles. The summed E-state index contributed by atoms with van der Waals surface area (Å²) in [6.07, 6.45) is 7.02. The smallest absolute Gasteiger partial charge is 0.346 e. The molecule has 0 radical (unpaired) electrons. The Balaban J connectivity index is 1.54. The lowest BCUT2D eigenvalue weighted by Crippen LogP contribution is -2.13. The summed E-state index contributed by atoms with van der Waals surface area (Å²) in [4.78, 5) is 21.0. The van der Waals surface area contributed by atoms with Gasteiger partial charge in [-0.25, -0.2) is 19.4 Å². The van der Waals surface area contributed by atoms with Crippen LogP contribution in [0.15, 0.2) is 42.9 Å². The minimum atomic E-state index is -0.426. The van der Waals surface area contributed by atoms with Crippen LogP contribution in [-0.4, -0.2) is 30.9 Å². The molecular formula is C17H15N5O2. The van der Waals surface area contributed by atoms with Gasteiger partial charge < -0.3 is 4.74 Å². The highest BCUT2D eigenvalue weighted by Gasteiger charge is 2.30. The van der Waals surface area contributed by atoms with E-state index in [0.717, 1.165) is 24.2 Å². The van der Waals surface area contributed by atoms with Crippen molar-refractivity contribution in [1.82, 2.24) is 25.0 Å². The molecular weight excluding hydrogens is 306 g/mol. The van der Waals surface area contributed by atoms with Gasteiger partial charge in [0.05, 0.1) is 23.8 Å². The number of aromatic nitrogens is 5. The second kappa shape index (κ2) is 5.84. The van der Waals surface area contributed by atoms with E-state index >= 15 is 0 Å². The molecule has 0 spiro atoms. The van der Waals surface area contributed by atoms with Crippen LogP contribution in [-0.2, 0) is 0 Å². The van der Waals surface area contributed by atoms with Gasteiger partial charge in [0, 0.05) is 12.1 Å². The molecule has 2 heterocycles. The number of aryl methyl sites for hydroxylation is 1. The van der Waals surface area contributed by atoms with Crippen LogP contribution >= 0.6 is 0 Å². The van der Waals surface area contributed by atoms with E-state index in [4.69, 9.17) is 4.74 Å². The highest BCUT2D eigenvalue weighted by molar-refractivity contribution is 5.92. The highest BCUT2D eigenvalue weighted by atomic mass is 16.5. The minimum absolute atomic E-state index is 0.351. The third-order valence-electron chi connectivity index (χ3n) is 3.86. The van der Waals surface area contributed by atoms with Gasteiger partial charge in [-0.05, 0) is 44.0 Å². The van der Waals surface area contributed by atoms with Crippen LogP contribution in [0, 0.1) is 6.92 Å². The molecule has 2 aromatic heterocycles. The number of nitrogens with zero attached hydrogens (tertiary/aromatic N) is 5. The molecule has 4 rings (SSSR count). The molecule has 1 aliphatic carbocycles. The number of carbonyl (C=O) groups excluding carboxylic acids is 1. The van der Waals surface area contributed by atoms with E-state index < -0.39 is 5.97 Å². The first kappa shape index (κ1) is 14.5. The average Bonchev–Trinajstić information content (AvgIpc) is 3.30. The van der Waals surface area contributed by atoms with Gasteiger partial charge in [-0.2, -0.15) is 0 Å². The van der Waals surface area contributed by atoms with Gasteiger partial charge in [-0.1, -0.05) is 5.21 Å². The SMILES string of the molecule is Cc1ncc(C(=O)Oc2ccc(-n3ccnn3)cc2)c(C2CC2)n1. The Bertz CT molecular complexity index is 871. The summed E-state index contributed by atoms with van der Waals surface area (Å²) >= 11 is 0. The minimum Gasteiger partial charge on any atom is -0.423 e. The van der Waals surface area contributed by atoms with Crippen molar-refractivity contribution >= 4 is 5.97 Å². The average molecular weight is 321 g/mol. The van der Waals surface area contributed by atoms with Crippen LogP contribution in [0.1, 0.15) is 40.6 Å². The number of carbonyl (C=O) groups is 1. The number of hydrogen-bond acceptors (Lipinski definition) is 6. The predicted molar refractivity (Wildman–Crippen MR) is 85.1 cm³/mol. The van der Waals surface area contributed by atoms with Crippen LogP contribution in [0.25, 0.3) is 5.69 Å². The quantitative estimate of drug-likeness (QED) is 0.542. The highest BCUT2D eigenvalue weighted by Crippen LogP contribution is 2.40. The van der Waals surface area contributed by atoms with Crippen molar-refractivity contribution in [2.75, 3.05) is 0 Å². The number of hydrogen-bond donors (Lipinski definition) is 0. The molecule has 0 atom stereocenters. The van der Waals surface area contributed by atoms with Crippen molar-refractivity contribution < 1.29 is 9.53 Å². The Morgan fingerprint density at radius 1 is 1.25 bits per heavy atom. The van der Waals surface area contributed by atoms with Crippen LogP contribution in [0.4, 0.5) is 0 Å². The molecule has 0 bridgehead atoms. The Hall–Kier alpha value is -3.09. The fraction of sp³-hybridized carbons (Fsp3) is 0.235. The summed E-state index contributed by atoms with van der Waals surface area (Å²) in [5, 5.41) is 7.68. The lowest BCUT2D eigenvalue weighted by Gasteiger charge is -2.09. The lowest BCUT2D eigenvalue weighted by atomic mass is 10.1. The summed E-state index contributed by atoms with van der Waals surface area (Å²) in [6, 6.07) is 7.07. The maximum Gasteiger partial charge on any atom is 0.346 e.